The molecule has 5 aromatic rings. The van der Waals surface area contributed by atoms with Crippen molar-refractivity contribution in [3.63, 3.8) is 0 Å². The SMILES string of the molecule is O=C(Nc1cccc(OCc2cccc(NS(=O)(=O)Cc3ccccc3C(=O)O)c2F)c1)c1cccc(-c2ccc(O)cc2)c1. The molecular formula is C34H27FN2O7S. The van der Waals surface area contributed by atoms with Crippen molar-refractivity contribution in [3.05, 3.63) is 143 Å². The number of sulfonamides is 1. The highest BCUT2D eigenvalue weighted by Gasteiger charge is 2.20. The van der Waals surface area contributed by atoms with Gasteiger partial charge in [0.25, 0.3) is 5.91 Å². The van der Waals surface area contributed by atoms with Gasteiger partial charge in [0.2, 0.25) is 10.0 Å². The van der Waals surface area contributed by atoms with Gasteiger partial charge in [-0.1, -0.05) is 60.7 Å². The molecule has 0 heterocycles. The Morgan fingerprint density at radius 3 is 2.27 bits per heavy atom. The average molecular weight is 627 g/mol. The van der Waals surface area contributed by atoms with E-state index < -0.39 is 27.6 Å². The molecule has 11 heteroatoms. The number of benzene rings is 5. The van der Waals surface area contributed by atoms with Crippen LogP contribution in [-0.2, 0) is 22.4 Å². The highest BCUT2D eigenvalue weighted by molar-refractivity contribution is 7.91. The van der Waals surface area contributed by atoms with E-state index in [9.17, 15) is 28.2 Å². The number of aromatic hydroxyl groups is 1. The van der Waals surface area contributed by atoms with Gasteiger partial charge in [-0.25, -0.2) is 17.6 Å². The van der Waals surface area contributed by atoms with Gasteiger partial charge < -0.3 is 20.3 Å². The lowest BCUT2D eigenvalue weighted by molar-refractivity contribution is 0.0695. The summed E-state index contributed by atoms with van der Waals surface area (Å²) in [4.78, 5) is 24.4. The Balaban J connectivity index is 1.24. The zero-order valence-electron chi connectivity index (χ0n) is 23.6. The zero-order valence-corrected chi connectivity index (χ0v) is 24.4. The molecule has 0 fully saturated rings. The number of phenols is 1. The molecule has 0 atom stereocenters. The largest absolute Gasteiger partial charge is 0.508 e. The van der Waals surface area contributed by atoms with Crippen molar-refractivity contribution >= 4 is 33.3 Å². The van der Waals surface area contributed by atoms with Gasteiger partial charge in [0.05, 0.1) is 17.0 Å². The van der Waals surface area contributed by atoms with Crippen LogP contribution in [0.3, 0.4) is 0 Å². The highest BCUT2D eigenvalue weighted by atomic mass is 32.2. The number of carboxylic acids is 1. The van der Waals surface area contributed by atoms with E-state index in [-0.39, 0.29) is 40.6 Å². The van der Waals surface area contributed by atoms with Gasteiger partial charge in [0.15, 0.2) is 5.82 Å². The Kier molecular flexibility index (Phi) is 9.10. The minimum atomic E-state index is -4.15. The first-order valence-corrected chi connectivity index (χ1v) is 15.3. The third-order valence-corrected chi connectivity index (χ3v) is 7.97. The van der Waals surface area contributed by atoms with E-state index in [1.54, 1.807) is 66.7 Å². The van der Waals surface area contributed by atoms with Crippen molar-refractivity contribution in [2.24, 2.45) is 0 Å². The minimum absolute atomic E-state index is 0.0643. The molecule has 0 aliphatic rings. The number of aromatic carboxylic acids is 1. The van der Waals surface area contributed by atoms with Crippen LogP contribution in [0.1, 0.15) is 31.8 Å². The molecule has 4 N–H and O–H groups in total. The molecule has 9 nitrogen and oxygen atoms in total. The lowest BCUT2D eigenvalue weighted by Crippen LogP contribution is -2.18. The highest BCUT2D eigenvalue weighted by Crippen LogP contribution is 2.26. The summed E-state index contributed by atoms with van der Waals surface area (Å²) in [5.74, 6) is -2.65. The van der Waals surface area contributed by atoms with Gasteiger partial charge in [-0.05, 0) is 65.2 Å². The lowest BCUT2D eigenvalue weighted by Gasteiger charge is -2.14. The van der Waals surface area contributed by atoms with E-state index in [0.717, 1.165) is 11.1 Å². The van der Waals surface area contributed by atoms with Crippen LogP contribution in [0, 0.1) is 5.82 Å². The van der Waals surface area contributed by atoms with Crippen LogP contribution in [-0.4, -0.2) is 30.5 Å². The first kappa shape index (κ1) is 30.8. The minimum Gasteiger partial charge on any atom is -0.508 e. The summed E-state index contributed by atoms with van der Waals surface area (Å²) in [6, 6.07) is 30.1. The Morgan fingerprint density at radius 2 is 1.49 bits per heavy atom. The first-order chi connectivity index (χ1) is 21.6. The monoisotopic (exact) mass is 626 g/mol. The Labute approximate surface area is 258 Å². The standard InChI is InChI=1S/C34H27FN2O7S/c35-32-25(9-4-13-31(32)37-45(42,43)21-26-6-1-2-12-30(26)34(40)41)20-44-29-11-5-10-27(19-29)36-33(39)24-8-3-7-23(18-24)22-14-16-28(38)17-15-22/h1-19,37-38H,20-21H2,(H,36,39)(H,40,41). The quantitative estimate of drug-likeness (QED) is 0.128. The molecular weight excluding hydrogens is 599 g/mol. The number of carbonyl (C=O) groups is 2. The molecule has 228 valence electrons. The molecule has 0 unspecified atom stereocenters. The summed E-state index contributed by atoms with van der Waals surface area (Å²) in [6.45, 7) is -0.241. The van der Waals surface area contributed by atoms with Crippen molar-refractivity contribution in [3.8, 4) is 22.6 Å². The summed E-state index contributed by atoms with van der Waals surface area (Å²) in [6.07, 6.45) is 0. The number of nitrogens with one attached hydrogen (secondary N) is 2. The fraction of sp³-hybridized carbons (Fsp3) is 0.0588. The summed E-state index contributed by atoms with van der Waals surface area (Å²) in [5.41, 5.74) is 2.17. The molecule has 45 heavy (non-hydrogen) atoms. The van der Waals surface area contributed by atoms with E-state index in [1.807, 2.05) is 6.07 Å². The fourth-order valence-corrected chi connectivity index (χ4v) is 5.78. The number of carboxylic acid groups (broad SMARTS) is 1. The van der Waals surface area contributed by atoms with Crippen LogP contribution in [0.15, 0.2) is 115 Å². The zero-order chi connectivity index (χ0) is 32.0. The second kappa shape index (κ2) is 13.3. The van der Waals surface area contributed by atoms with Crippen molar-refractivity contribution in [1.82, 2.24) is 0 Å². The summed E-state index contributed by atoms with van der Waals surface area (Å²) < 4.78 is 48.8. The van der Waals surface area contributed by atoms with Crippen molar-refractivity contribution in [2.75, 3.05) is 10.0 Å². The van der Waals surface area contributed by atoms with Crippen molar-refractivity contribution in [1.29, 1.82) is 0 Å². The van der Waals surface area contributed by atoms with Gasteiger partial charge in [0.1, 0.15) is 18.1 Å². The maximum Gasteiger partial charge on any atom is 0.335 e. The van der Waals surface area contributed by atoms with Crippen molar-refractivity contribution < 1.29 is 37.3 Å². The van der Waals surface area contributed by atoms with Crippen LogP contribution in [0.25, 0.3) is 11.1 Å². The Bertz CT molecular complexity index is 1980. The molecule has 1 amide bonds. The van der Waals surface area contributed by atoms with Crippen LogP contribution < -0.4 is 14.8 Å². The fourth-order valence-electron chi connectivity index (χ4n) is 4.56. The molecule has 5 aromatic carbocycles. The van der Waals surface area contributed by atoms with E-state index in [1.165, 1.54) is 42.5 Å². The first-order valence-electron chi connectivity index (χ1n) is 13.6. The average Bonchev–Trinajstić information content (AvgIpc) is 3.02. The second-order valence-electron chi connectivity index (χ2n) is 10.0. The molecule has 0 bridgehead atoms. The van der Waals surface area contributed by atoms with Gasteiger partial charge in [0, 0.05) is 22.9 Å². The van der Waals surface area contributed by atoms with Crippen LogP contribution in [0.5, 0.6) is 11.5 Å². The number of rotatable bonds is 11. The molecule has 0 aromatic heterocycles. The number of halogens is 1. The number of ether oxygens (including phenoxy) is 1. The molecule has 0 aliphatic heterocycles. The third kappa shape index (κ3) is 7.84. The van der Waals surface area contributed by atoms with Crippen LogP contribution >= 0.6 is 0 Å². The van der Waals surface area contributed by atoms with Gasteiger partial charge in [-0.3, -0.25) is 9.52 Å². The summed E-state index contributed by atoms with van der Waals surface area (Å²) in [5, 5.41) is 21.7. The molecule has 5 rings (SSSR count). The number of hydrogen-bond acceptors (Lipinski definition) is 6. The van der Waals surface area contributed by atoms with Gasteiger partial charge in [-0.15, -0.1) is 0 Å². The molecule has 0 saturated heterocycles. The molecule has 0 radical (unpaired) electrons. The molecule has 0 saturated carbocycles. The van der Waals surface area contributed by atoms with Crippen LogP contribution in [0.2, 0.25) is 0 Å². The van der Waals surface area contributed by atoms with E-state index >= 15 is 4.39 Å². The third-order valence-electron chi connectivity index (χ3n) is 6.75. The number of phenolic OH excluding ortho intramolecular Hbond substituents is 1. The Hall–Kier alpha value is -5.68. The number of amides is 1. The van der Waals surface area contributed by atoms with Gasteiger partial charge in [-0.2, -0.15) is 0 Å². The van der Waals surface area contributed by atoms with E-state index in [2.05, 4.69) is 10.0 Å². The second-order valence-corrected chi connectivity index (χ2v) is 11.7. The molecule has 0 aliphatic carbocycles. The van der Waals surface area contributed by atoms with Crippen LogP contribution in [0.4, 0.5) is 15.8 Å². The topological polar surface area (TPSA) is 142 Å². The lowest BCUT2D eigenvalue weighted by atomic mass is 10.0. The van der Waals surface area contributed by atoms with E-state index in [4.69, 9.17) is 4.74 Å². The molecule has 0 spiro atoms. The number of anilines is 2. The normalized spacial score (nSPS) is 11.0. The van der Waals surface area contributed by atoms with Crippen molar-refractivity contribution in [2.45, 2.75) is 12.4 Å². The smallest absolute Gasteiger partial charge is 0.335 e. The maximum absolute atomic E-state index is 15.3. The summed E-state index contributed by atoms with van der Waals surface area (Å²) in [7, 11) is -4.15. The predicted octanol–water partition coefficient (Wildman–Crippen LogP) is 6.67. The number of carbonyl (C=O) groups excluding carboxylic acids is 1. The Morgan fingerprint density at radius 1 is 0.778 bits per heavy atom. The van der Waals surface area contributed by atoms with Gasteiger partial charge >= 0.3 is 5.97 Å². The predicted molar refractivity (Wildman–Crippen MR) is 168 cm³/mol. The maximum atomic E-state index is 15.3. The van der Waals surface area contributed by atoms with E-state index in [0.29, 0.717) is 17.0 Å². The number of hydrogen-bond donors (Lipinski definition) is 4. The summed E-state index contributed by atoms with van der Waals surface area (Å²) >= 11 is 0.